The second-order valence-corrected chi connectivity index (χ2v) is 8.37. The summed E-state index contributed by atoms with van der Waals surface area (Å²) in [6, 6.07) is 13.9. The molecule has 0 bridgehead atoms. The van der Waals surface area contributed by atoms with Crippen molar-refractivity contribution in [2.45, 2.75) is 31.1 Å². The fourth-order valence-corrected chi connectivity index (χ4v) is 2.66. The molecule has 20 heavy (non-hydrogen) atoms. The van der Waals surface area contributed by atoms with E-state index in [0.29, 0.717) is 6.42 Å². The van der Waals surface area contributed by atoms with Gasteiger partial charge in [-0.15, -0.1) is 0 Å². The lowest BCUT2D eigenvalue weighted by Gasteiger charge is -2.28. The molecule has 0 radical (unpaired) electrons. The molecule has 0 aromatic heterocycles. The summed E-state index contributed by atoms with van der Waals surface area (Å²) in [5.41, 5.74) is 0.938. The van der Waals surface area contributed by atoms with Gasteiger partial charge in [-0.25, -0.2) is 8.42 Å². The molecule has 1 N–H and O–H groups in total. The second kappa shape index (κ2) is 5.19. The van der Waals surface area contributed by atoms with Crippen molar-refractivity contribution in [3.05, 3.63) is 48.0 Å². The van der Waals surface area contributed by atoms with E-state index in [1.807, 2.05) is 42.5 Å². The zero-order valence-electron chi connectivity index (χ0n) is 12.0. The Morgan fingerprint density at radius 3 is 2.30 bits per heavy atom. The maximum atomic E-state index is 11.7. The first-order valence-corrected chi connectivity index (χ1v) is 8.46. The minimum absolute atomic E-state index is 0.324. The monoisotopic (exact) mass is 292 g/mol. The number of hydrogen-bond acceptors (Lipinski definition) is 3. The van der Waals surface area contributed by atoms with E-state index in [1.165, 1.54) is 0 Å². The third kappa shape index (κ3) is 2.86. The van der Waals surface area contributed by atoms with Crippen molar-refractivity contribution in [3.8, 4) is 0 Å². The van der Waals surface area contributed by atoms with Gasteiger partial charge in [0.2, 0.25) is 0 Å². The summed E-state index contributed by atoms with van der Waals surface area (Å²) in [6.45, 7) is 3.13. The smallest absolute Gasteiger partial charge is 0.155 e. The topological polar surface area (TPSA) is 54.4 Å². The van der Waals surface area contributed by atoms with Gasteiger partial charge >= 0.3 is 0 Å². The molecule has 1 atom stereocenters. The Morgan fingerprint density at radius 1 is 1.10 bits per heavy atom. The van der Waals surface area contributed by atoms with Gasteiger partial charge in [0.1, 0.15) is 0 Å². The highest BCUT2D eigenvalue weighted by molar-refractivity contribution is 7.92. The highest BCUT2D eigenvalue weighted by atomic mass is 32.2. The van der Waals surface area contributed by atoms with E-state index in [4.69, 9.17) is 0 Å². The molecule has 2 rings (SSSR count). The van der Waals surface area contributed by atoms with Crippen LogP contribution >= 0.6 is 0 Å². The fourth-order valence-electron chi connectivity index (χ4n) is 2.08. The SMILES string of the molecule is CC(C)(C(O)Cc1ccc2ccccc2c1)S(C)(=O)=O. The number of sulfone groups is 1. The number of fused-ring (bicyclic) bond motifs is 1. The summed E-state index contributed by atoms with van der Waals surface area (Å²) in [6.07, 6.45) is 0.556. The molecular weight excluding hydrogens is 272 g/mol. The average molecular weight is 292 g/mol. The first-order valence-electron chi connectivity index (χ1n) is 6.57. The summed E-state index contributed by atoms with van der Waals surface area (Å²) < 4.78 is 22.3. The molecule has 0 heterocycles. The summed E-state index contributed by atoms with van der Waals surface area (Å²) >= 11 is 0. The van der Waals surface area contributed by atoms with Crippen LogP contribution < -0.4 is 0 Å². The molecule has 108 valence electrons. The highest BCUT2D eigenvalue weighted by Gasteiger charge is 2.37. The van der Waals surface area contributed by atoms with Crippen molar-refractivity contribution in [3.63, 3.8) is 0 Å². The van der Waals surface area contributed by atoms with Crippen LogP contribution in [0.5, 0.6) is 0 Å². The molecule has 0 fully saturated rings. The predicted molar refractivity (Wildman–Crippen MR) is 82.6 cm³/mol. The van der Waals surface area contributed by atoms with Gasteiger partial charge in [0, 0.05) is 6.26 Å². The van der Waals surface area contributed by atoms with Crippen LogP contribution in [-0.2, 0) is 16.3 Å². The molecule has 0 amide bonds. The molecule has 0 saturated heterocycles. The number of benzene rings is 2. The lowest BCUT2D eigenvalue weighted by molar-refractivity contribution is 0.138. The number of rotatable bonds is 4. The average Bonchev–Trinajstić information content (AvgIpc) is 2.37. The van der Waals surface area contributed by atoms with Crippen LogP contribution in [-0.4, -0.2) is 30.6 Å². The van der Waals surface area contributed by atoms with E-state index in [-0.39, 0.29) is 0 Å². The molecule has 1 unspecified atom stereocenters. The Labute approximate surface area is 120 Å². The normalized spacial score (nSPS) is 14.4. The maximum absolute atomic E-state index is 11.7. The lowest BCUT2D eigenvalue weighted by Crippen LogP contribution is -2.44. The summed E-state index contributed by atoms with van der Waals surface area (Å²) in [5, 5.41) is 12.5. The first-order chi connectivity index (χ1) is 9.22. The van der Waals surface area contributed by atoms with Crippen LogP contribution in [0.1, 0.15) is 19.4 Å². The van der Waals surface area contributed by atoms with Gasteiger partial charge in [-0.2, -0.15) is 0 Å². The van der Waals surface area contributed by atoms with E-state index >= 15 is 0 Å². The van der Waals surface area contributed by atoms with Crippen LogP contribution in [0.2, 0.25) is 0 Å². The molecule has 0 saturated carbocycles. The number of hydrogen-bond donors (Lipinski definition) is 1. The van der Waals surface area contributed by atoms with Crippen LogP contribution in [0.25, 0.3) is 10.8 Å². The Balaban J connectivity index is 2.28. The van der Waals surface area contributed by atoms with Crippen molar-refractivity contribution in [2.24, 2.45) is 0 Å². The van der Waals surface area contributed by atoms with Crippen molar-refractivity contribution >= 4 is 20.6 Å². The van der Waals surface area contributed by atoms with Crippen LogP contribution in [0.3, 0.4) is 0 Å². The largest absolute Gasteiger partial charge is 0.391 e. The van der Waals surface area contributed by atoms with Crippen molar-refractivity contribution in [1.29, 1.82) is 0 Å². The van der Waals surface area contributed by atoms with E-state index in [9.17, 15) is 13.5 Å². The van der Waals surface area contributed by atoms with E-state index in [1.54, 1.807) is 13.8 Å². The summed E-state index contributed by atoms with van der Waals surface area (Å²) in [7, 11) is -3.31. The van der Waals surface area contributed by atoms with Gasteiger partial charge in [0.05, 0.1) is 10.9 Å². The fraction of sp³-hybridized carbons (Fsp3) is 0.375. The molecule has 0 aliphatic rings. The van der Waals surface area contributed by atoms with E-state index in [0.717, 1.165) is 22.6 Å². The minimum atomic E-state index is -3.31. The molecule has 0 aliphatic heterocycles. The van der Waals surface area contributed by atoms with E-state index < -0.39 is 20.7 Å². The number of aliphatic hydroxyl groups is 1. The standard InChI is InChI=1S/C16H20O3S/c1-16(2,20(3,18)19)15(17)11-12-8-9-13-6-4-5-7-14(13)10-12/h4-10,15,17H,11H2,1-3H3. The second-order valence-electron chi connectivity index (χ2n) is 5.78. The zero-order chi connectivity index (χ0) is 15.0. The maximum Gasteiger partial charge on any atom is 0.155 e. The molecule has 2 aromatic carbocycles. The third-order valence-corrected chi connectivity index (χ3v) is 6.18. The van der Waals surface area contributed by atoms with Gasteiger partial charge < -0.3 is 5.11 Å². The third-order valence-electron chi connectivity index (χ3n) is 4.00. The zero-order valence-corrected chi connectivity index (χ0v) is 12.8. The Kier molecular flexibility index (Phi) is 3.89. The Bertz CT molecular complexity index is 717. The molecule has 0 spiro atoms. The van der Waals surface area contributed by atoms with Crippen molar-refractivity contribution < 1.29 is 13.5 Å². The van der Waals surface area contributed by atoms with Crippen LogP contribution in [0.4, 0.5) is 0 Å². The Hall–Kier alpha value is -1.39. The van der Waals surface area contributed by atoms with Gasteiger partial charge in [-0.3, -0.25) is 0 Å². The quantitative estimate of drug-likeness (QED) is 0.942. The van der Waals surface area contributed by atoms with Crippen molar-refractivity contribution in [1.82, 2.24) is 0 Å². The van der Waals surface area contributed by atoms with Crippen molar-refractivity contribution in [2.75, 3.05) is 6.26 Å². The van der Waals surface area contributed by atoms with Gasteiger partial charge in [0.15, 0.2) is 9.84 Å². The van der Waals surface area contributed by atoms with Gasteiger partial charge in [-0.1, -0.05) is 42.5 Å². The van der Waals surface area contributed by atoms with Gasteiger partial charge in [0.25, 0.3) is 0 Å². The summed E-state index contributed by atoms with van der Waals surface area (Å²) in [5.74, 6) is 0. The lowest BCUT2D eigenvalue weighted by atomic mass is 9.97. The Morgan fingerprint density at radius 2 is 1.70 bits per heavy atom. The molecule has 0 aliphatic carbocycles. The van der Waals surface area contributed by atoms with Crippen LogP contribution in [0, 0.1) is 0 Å². The highest BCUT2D eigenvalue weighted by Crippen LogP contribution is 2.24. The first kappa shape index (κ1) is 15.0. The molecule has 2 aromatic rings. The predicted octanol–water partition coefficient (Wildman–Crippen LogP) is 2.57. The number of aliphatic hydroxyl groups excluding tert-OH is 1. The summed E-state index contributed by atoms with van der Waals surface area (Å²) in [4.78, 5) is 0. The molecule has 3 nitrogen and oxygen atoms in total. The van der Waals surface area contributed by atoms with E-state index in [2.05, 4.69) is 0 Å². The molecule has 4 heteroatoms. The minimum Gasteiger partial charge on any atom is -0.391 e. The molecular formula is C16H20O3S. The van der Waals surface area contributed by atoms with Crippen LogP contribution in [0.15, 0.2) is 42.5 Å². The van der Waals surface area contributed by atoms with Gasteiger partial charge in [-0.05, 0) is 36.6 Å².